The number of carbonyl (C=O) groups excluding carboxylic acids is 1. The lowest BCUT2D eigenvalue weighted by Crippen LogP contribution is -2.34. The maximum absolute atomic E-state index is 11.9. The lowest BCUT2D eigenvalue weighted by molar-refractivity contribution is -0.117. The van der Waals surface area contributed by atoms with Crippen LogP contribution in [0, 0.1) is 11.8 Å². The van der Waals surface area contributed by atoms with Crippen molar-refractivity contribution >= 4 is 24.1 Å². The molecule has 1 aromatic rings. The fraction of sp³-hybridized carbons (Fsp3) is 0.692. The Hall–Kier alpha value is -1.07. The number of nitrogens with one attached hydrogen (secondary N) is 2. The van der Waals surface area contributed by atoms with Crippen LogP contribution in [0.1, 0.15) is 26.2 Å². The summed E-state index contributed by atoms with van der Waals surface area (Å²) in [6.45, 7) is 4.32. The van der Waals surface area contributed by atoms with Gasteiger partial charge in [0.15, 0.2) is 5.82 Å². The van der Waals surface area contributed by atoms with E-state index in [-0.39, 0.29) is 18.3 Å². The topological polar surface area (TPSA) is 59.0 Å². The lowest BCUT2D eigenvalue weighted by atomic mass is 9.85. The second-order valence-electron chi connectivity index (χ2n) is 5.21. The summed E-state index contributed by atoms with van der Waals surface area (Å²) in [6.07, 6.45) is 4.84. The molecule has 19 heavy (non-hydrogen) atoms. The quantitative estimate of drug-likeness (QED) is 0.887. The van der Waals surface area contributed by atoms with E-state index in [1.165, 1.54) is 12.8 Å². The SMILES string of the molecule is CC(CC(=O)Nc1ccn(C)n1)C1CCCNC1.Cl. The van der Waals surface area contributed by atoms with Crippen molar-refractivity contribution in [2.24, 2.45) is 18.9 Å². The van der Waals surface area contributed by atoms with Crippen LogP contribution in [0.25, 0.3) is 0 Å². The highest BCUT2D eigenvalue weighted by molar-refractivity contribution is 5.89. The summed E-state index contributed by atoms with van der Waals surface area (Å²) in [5, 5.41) is 10.4. The Labute approximate surface area is 120 Å². The molecule has 1 fully saturated rings. The fourth-order valence-corrected chi connectivity index (χ4v) is 2.50. The highest BCUT2D eigenvalue weighted by Gasteiger charge is 2.22. The molecule has 0 spiro atoms. The van der Waals surface area contributed by atoms with Crippen LogP contribution < -0.4 is 10.6 Å². The molecule has 108 valence electrons. The van der Waals surface area contributed by atoms with E-state index >= 15 is 0 Å². The lowest BCUT2D eigenvalue weighted by Gasteiger charge is -2.27. The molecule has 0 saturated carbocycles. The molecule has 0 bridgehead atoms. The number of rotatable bonds is 4. The molecule has 1 aliphatic rings. The number of amides is 1. The van der Waals surface area contributed by atoms with Crippen molar-refractivity contribution in [1.29, 1.82) is 0 Å². The van der Waals surface area contributed by atoms with Crippen LogP contribution in [-0.4, -0.2) is 28.8 Å². The van der Waals surface area contributed by atoms with Crippen molar-refractivity contribution in [2.45, 2.75) is 26.2 Å². The van der Waals surface area contributed by atoms with Crippen molar-refractivity contribution in [1.82, 2.24) is 15.1 Å². The van der Waals surface area contributed by atoms with E-state index < -0.39 is 0 Å². The van der Waals surface area contributed by atoms with Gasteiger partial charge in [-0.3, -0.25) is 9.48 Å². The van der Waals surface area contributed by atoms with Gasteiger partial charge in [0.25, 0.3) is 0 Å². The van der Waals surface area contributed by atoms with Gasteiger partial charge in [-0.05, 0) is 37.8 Å². The molecule has 2 heterocycles. The van der Waals surface area contributed by atoms with Gasteiger partial charge in [-0.15, -0.1) is 12.4 Å². The minimum atomic E-state index is 0. The van der Waals surface area contributed by atoms with Gasteiger partial charge in [0.1, 0.15) is 0 Å². The van der Waals surface area contributed by atoms with Gasteiger partial charge < -0.3 is 10.6 Å². The number of hydrogen-bond donors (Lipinski definition) is 2. The normalized spacial score (nSPS) is 20.4. The number of anilines is 1. The number of nitrogens with zero attached hydrogens (tertiary/aromatic N) is 2. The first-order chi connectivity index (χ1) is 8.65. The molecule has 0 aromatic carbocycles. The molecule has 1 aromatic heterocycles. The summed E-state index contributed by atoms with van der Waals surface area (Å²) >= 11 is 0. The van der Waals surface area contributed by atoms with E-state index in [1.54, 1.807) is 4.68 Å². The largest absolute Gasteiger partial charge is 0.316 e. The zero-order chi connectivity index (χ0) is 13.0. The Bertz CT molecular complexity index is 401. The molecule has 2 rings (SSSR count). The molecule has 1 amide bonds. The van der Waals surface area contributed by atoms with Crippen LogP contribution in [0.2, 0.25) is 0 Å². The van der Waals surface area contributed by atoms with Crippen LogP contribution >= 0.6 is 12.4 Å². The second kappa shape index (κ2) is 7.50. The highest BCUT2D eigenvalue weighted by Crippen LogP contribution is 2.22. The summed E-state index contributed by atoms with van der Waals surface area (Å²) < 4.78 is 1.68. The number of piperidine rings is 1. The Morgan fingerprint density at radius 3 is 3.05 bits per heavy atom. The van der Waals surface area contributed by atoms with E-state index in [1.807, 2.05) is 19.3 Å². The number of aromatic nitrogens is 2. The Kier molecular flexibility index (Phi) is 6.31. The number of hydrogen-bond acceptors (Lipinski definition) is 3. The number of aryl methyl sites for hydroxylation is 1. The third-order valence-corrected chi connectivity index (χ3v) is 3.63. The van der Waals surface area contributed by atoms with Gasteiger partial charge in [-0.2, -0.15) is 5.10 Å². The maximum atomic E-state index is 11.9. The van der Waals surface area contributed by atoms with E-state index in [0.717, 1.165) is 13.1 Å². The predicted molar refractivity (Wildman–Crippen MR) is 78.5 cm³/mol. The average molecular weight is 287 g/mol. The predicted octanol–water partition coefficient (Wildman–Crippen LogP) is 1.81. The molecule has 1 saturated heterocycles. The third kappa shape index (κ3) is 4.84. The zero-order valence-corrected chi connectivity index (χ0v) is 12.4. The molecule has 1 aliphatic heterocycles. The first-order valence-corrected chi connectivity index (χ1v) is 6.65. The molecular formula is C13H23ClN4O. The molecular weight excluding hydrogens is 264 g/mol. The van der Waals surface area contributed by atoms with Gasteiger partial charge >= 0.3 is 0 Å². The first kappa shape index (κ1) is 16.0. The van der Waals surface area contributed by atoms with Crippen molar-refractivity contribution in [3.05, 3.63) is 12.3 Å². The van der Waals surface area contributed by atoms with Crippen molar-refractivity contribution in [3.63, 3.8) is 0 Å². The Balaban J connectivity index is 0.00000180. The van der Waals surface area contributed by atoms with E-state index in [0.29, 0.717) is 24.1 Å². The van der Waals surface area contributed by atoms with E-state index in [2.05, 4.69) is 22.7 Å². The monoisotopic (exact) mass is 286 g/mol. The Morgan fingerprint density at radius 2 is 2.47 bits per heavy atom. The molecule has 0 aliphatic carbocycles. The summed E-state index contributed by atoms with van der Waals surface area (Å²) in [6, 6.07) is 1.81. The molecule has 2 N–H and O–H groups in total. The fourth-order valence-electron chi connectivity index (χ4n) is 2.50. The summed E-state index contributed by atoms with van der Waals surface area (Å²) in [4.78, 5) is 11.9. The minimum absolute atomic E-state index is 0. The van der Waals surface area contributed by atoms with Crippen molar-refractivity contribution in [2.75, 3.05) is 18.4 Å². The first-order valence-electron chi connectivity index (χ1n) is 6.65. The van der Waals surface area contributed by atoms with Crippen LogP contribution in [0.3, 0.4) is 0 Å². The Morgan fingerprint density at radius 1 is 1.68 bits per heavy atom. The third-order valence-electron chi connectivity index (χ3n) is 3.63. The van der Waals surface area contributed by atoms with Gasteiger partial charge in [-0.25, -0.2) is 0 Å². The maximum Gasteiger partial charge on any atom is 0.225 e. The van der Waals surface area contributed by atoms with Gasteiger partial charge in [-0.1, -0.05) is 6.92 Å². The van der Waals surface area contributed by atoms with Crippen LogP contribution in [0.4, 0.5) is 5.82 Å². The summed E-state index contributed by atoms with van der Waals surface area (Å²) in [5.74, 6) is 1.73. The molecule has 5 nitrogen and oxygen atoms in total. The molecule has 2 atom stereocenters. The molecule has 6 heteroatoms. The smallest absolute Gasteiger partial charge is 0.225 e. The number of carbonyl (C=O) groups is 1. The molecule has 0 radical (unpaired) electrons. The van der Waals surface area contributed by atoms with Crippen molar-refractivity contribution in [3.8, 4) is 0 Å². The zero-order valence-electron chi connectivity index (χ0n) is 11.6. The van der Waals surface area contributed by atoms with Crippen LogP contribution in [0.5, 0.6) is 0 Å². The molecule has 2 unspecified atom stereocenters. The second-order valence-corrected chi connectivity index (χ2v) is 5.21. The van der Waals surface area contributed by atoms with E-state index in [9.17, 15) is 4.79 Å². The van der Waals surface area contributed by atoms with E-state index in [4.69, 9.17) is 0 Å². The van der Waals surface area contributed by atoms with Gasteiger partial charge in [0, 0.05) is 25.7 Å². The van der Waals surface area contributed by atoms with Gasteiger partial charge in [0.05, 0.1) is 0 Å². The summed E-state index contributed by atoms with van der Waals surface area (Å²) in [5.41, 5.74) is 0. The average Bonchev–Trinajstić information content (AvgIpc) is 2.75. The minimum Gasteiger partial charge on any atom is -0.316 e. The van der Waals surface area contributed by atoms with Crippen LogP contribution in [-0.2, 0) is 11.8 Å². The summed E-state index contributed by atoms with van der Waals surface area (Å²) in [7, 11) is 1.84. The van der Waals surface area contributed by atoms with Gasteiger partial charge in [0.2, 0.25) is 5.91 Å². The standard InChI is InChI=1S/C13H22N4O.ClH/c1-10(11-4-3-6-14-9-11)8-13(18)15-12-5-7-17(2)16-12;/h5,7,10-11,14H,3-4,6,8-9H2,1-2H3,(H,15,16,18);1H. The highest BCUT2D eigenvalue weighted by atomic mass is 35.5. The van der Waals surface area contributed by atoms with Crippen LogP contribution in [0.15, 0.2) is 12.3 Å². The van der Waals surface area contributed by atoms with Crippen molar-refractivity contribution < 1.29 is 4.79 Å². The number of halogens is 1.